The number of nitrogens with zero attached hydrogens (tertiary/aromatic N) is 1. The molecule has 1 N–H and O–H groups in total. The fourth-order valence-corrected chi connectivity index (χ4v) is 4.57. The summed E-state index contributed by atoms with van der Waals surface area (Å²) in [5, 5.41) is 0.332. The monoisotopic (exact) mass is 378 g/mol. The van der Waals surface area contributed by atoms with Crippen LogP contribution >= 0.6 is 11.3 Å². The molecule has 0 unspecified atom stereocenters. The van der Waals surface area contributed by atoms with Gasteiger partial charge in [-0.15, -0.1) is 0 Å². The van der Waals surface area contributed by atoms with Gasteiger partial charge in [-0.05, 0) is 36.2 Å². The number of rotatable bonds is 6. The second-order valence-electron chi connectivity index (χ2n) is 5.30. The van der Waals surface area contributed by atoms with E-state index in [0.717, 1.165) is 16.6 Å². The van der Waals surface area contributed by atoms with Gasteiger partial charge in [0.05, 0.1) is 29.3 Å². The highest BCUT2D eigenvalue weighted by atomic mass is 32.2. The van der Waals surface area contributed by atoms with E-state index in [4.69, 9.17) is 9.47 Å². The lowest BCUT2D eigenvalue weighted by atomic mass is 10.2. The third-order valence-corrected chi connectivity index (χ3v) is 6.15. The SMILES string of the molecule is CCc1ccc2nc(NS(=O)(=O)c3ccc(OC)c(OC)c3)sc2c1. The summed E-state index contributed by atoms with van der Waals surface area (Å²) in [6, 6.07) is 10.4. The van der Waals surface area contributed by atoms with E-state index in [1.54, 1.807) is 6.07 Å². The van der Waals surface area contributed by atoms with Crippen LogP contribution in [0.3, 0.4) is 0 Å². The summed E-state index contributed by atoms with van der Waals surface area (Å²) in [6.07, 6.45) is 0.917. The second kappa shape index (κ2) is 6.89. The van der Waals surface area contributed by atoms with Crippen LogP contribution in [-0.2, 0) is 16.4 Å². The number of thiazole rings is 1. The van der Waals surface area contributed by atoms with Crippen LogP contribution < -0.4 is 14.2 Å². The number of fused-ring (bicyclic) bond motifs is 1. The predicted octanol–water partition coefficient (Wildman–Crippen LogP) is 3.68. The smallest absolute Gasteiger partial charge is 0.263 e. The van der Waals surface area contributed by atoms with Gasteiger partial charge in [-0.1, -0.05) is 24.3 Å². The Labute approximate surface area is 150 Å². The topological polar surface area (TPSA) is 77.5 Å². The number of ether oxygens (including phenoxy) is 2. The molecule has 0 saturated carbocycles. The van der Waals surface area contributed by atoms with Gasteiger partial charge in [-0.2, -0.15) is 0 Å². The highest BCUT2D eigenvalue weighted by Crippen LogP contribution is 2.32. The largest absolute Gasteiger partial charge is 0.493 e. The lowest BCUT2D eigenvalue weighted by Crippen LogP contribution is -2.13. The normalized spacial score (nSPS) is 11.5. The van der Waals surface area contributed by atoms with Crippen molar-refractivity contribution >= 4 is 36.7 Å². The third kappa shape index (κ3) is 3.54. The summed E-state index contributed by atoms with van der Waals surface area (Å²) < 4.78 is 39.0. The Morgan fingerprint density at radius 1 is 1.08 bits per heavy atom. The first kappa shape index (κ1) is 17.5. The maximum Gasteiger partial charge on any atom is 0.263 e. The van der Waals surface area contributed by atoms with E-state index in [1.807, 2.05) is 18.2 Å². The van der Waals surface area contributed by atoms with E-state index in [9.17, 15) is 8.42 Å². The highest BCUT2D eigenvalue weighted by Gasteiger charge is 2.19. The van der Waals surface area contributed by atoms with Crippen LogP contribution in [0.4, 0.5) is 5.13 Å². The molecule has 1 heterocycles. The first-order valence-corrected chi connectivity index (χ1v) is 9.91. The van der Waals surface area contributed by atoms with Crippen LogP contribution in [0.2, 0.25) is 0 Å². The van der Waals surface area contributed by atoms with Crippen LogP contribution in [0.5, 0.6) is 11.5 Å². The third-order valence-electron chi connectivity index (χ3n) is 3.75. The number of hydrogen-bond donors (Lipinski definition) is 1. The van der Waals surface area contributed by atoms with Crippen molar-refractivity contribution in [3.05, 3.63) is 42.0 Å². The maximum atomic E-state index is 12.6. The number of benzene rings is 2. The van der Waals surface area contributed by atoms with Gasteiger partial charge in [0.15, 0.2) is 16.6 Å². The number of methoxy groups -OCH3 is 2. The fourth-order valence-electron chi connectivity index (χ4n) is 2.39. The molecule has 3 aromatic rings. The van der Waals surface area contributed by atoms with Crippen molar-refractivity contribution in [1.29, 1.82) is 0 Å². The van der Waals surface area contributed by atoms with Gasteiger partial charge in [0.2, 0.25) is 0 Å². The molecular weight excluding hydrogens is 360 g/mol. The Bertz CT molecular complexity index is 1010. The number of sulfonamides is 1. The zero-order valence-corrected chi connectivity index (χ0v) is 15.7. The minimum atomic E-state index is -3.77. The zero-order valence-electron chi connectivity index (χ0n) is 14.1. The van der Waals surface area contributed by atoms with Gasteiger partial charge < -0.3 is 9.47 Å². The van der Waals surface area contributed by atoms with E-state index < -0.39 is 10.0 Å². The molecule has 3 rings (SSSR count). The first-order chi connectivity index (χ1) is 12.0. The van der Waals surface area contributed by atoms with Gasteiger partial charge >= 0.3 is 0 Å². The Kier molecular flexibility index (Phi) is 4.82. The molecule has 0 aliphatic carbocycles. The molecule has 0 radical (unpaired) electrons. The number of nitrogens with one attached hydrogen (secondary N) is 1. The molecule has 132 valence electrons. The van der Waals surface area contributed by atoms with Gasteiger partial charge in [-0.25, -0.2) is 13.4 Å². The lowest BCUT2D eigenvalue weighted by molar-refractivity contribution is 0.354. The van der Waals surface area contributed by atoms with Crippen molar-refractivity contribution in [3.8, 4) is 11.5 Å². The second-order valence-corrected chi connectivity index (χ2v) is 8.01. The Hall–Kier alpha value is -2.32. The molecule has 0 aliphatic heterocycles. The molecular formula is C17H18N2O4S2. The van der Waals surface area contributed by atoms with Gasteiger partial charge in [0.25, 0.3) is 10.0 Å². The highest BCUT2D eigenvalue weighted by molar-refractivity contribution is 7.93. The van der Waals surface area contributed by atoms with Crippen molar-refractivity contribution in [3.63, 3.8) is 0 Å². The predicted molar refractivity (Wildman–Crippen MR) is 99.4 cm³/mol. The van der Waals surface area contributed by atoms with Gasteiger partial charge in [0.1, 0.15) is 0 Å². The van der Waals surface area contributed by atoms with Gasteiger partial charge in [0, 0.05) is 6.07 Å². The summed E-state index contributed by atoms with van der Waals surface area (Å²) >= 11 is 1.31. The summed E-state index contributed by atoms with van der Waals surface area (Å²) in [7, 11) is -0.817. The van der Waals surface area contributed by atoms with Crippen LogP contribution in [0.25, 0.3) is 10.2 Å². The fraction of sp³-hybridized carbons (Fsp3) is 0.235. The Morgan fingerprint density at radius 3 is 2.52 bits per heavy atom. The van der Waals surface area contributed by atoms with E-state index in [-0.39, 0.29) is 4.90 Å². The zero-order chi connectivity index (χ0) is 18.0. The molecule has 0 fully saturated rings. The van der Waals surface area contributed by atoms with Crippen LogP contribution in [-0.4, -0.2) is 27.6 Å². The Morgan fingerprint density at radius 2 is 1.84 bits per heavy atom. The number of aryl methyl sites for hydroxylation is 1. The average Bonchev–Trinajstić information content (AvgIpc) is 3.01. The lowest BCUT2D eigenvalue weighted by Gasteiger charge is -2.10. The number of anilines is 1. The number of aromatic nitrogens is 1. The van der Waals surface area contributed by atoms with Crippen LogP contribution in [0.15, 0.2) is 41.3 Å². The van der Waals surface area contributed by atoms with Crippen LogP contribution in [0, 0.1) is 0 Å². The van der Waals surface area contributed by atoms with E-state index in [0.29, 0.717) is 16.6 Å². The summed E-state index contributed by atoms with van der Waals surface area (Å²) in [4.78, 5) is 4.43. The summed E-state index contributed by atoms with van der Waals surface area (Å²) in [5.41, 5.74) is 1.96. The molecule has 0 saturated heterocycles. The van der Waals surface area contributed by atoms with Crippen molar-refractivity contribution < 1.29 is 17.9 Å². The number of hydrogen-bond acceptors (Lipinski definition) is 6. The van der Waals surface area contributed by atoms with Crippen molar-refractivity contribution in [1.82, 2.24) is 4.98 Å². The maximum absolute atomic E-state index is 12.6. The minimum Gasteiger partial charge on any atom is -0.493 e. The van der Waals surface area contributed by atoms with E-state index in [2.05, 4.69) is 16.6 Å². The molecule has 0 atom stereocenters. The van der Waals surface area contributed by atoms with E-state index >= 15 is 0 Å². The molecule has 0 aliphatic rings. The van der Waals surface area contributed by atoms with Crippen molar-refractivity contribution in [2.45, 2.75) is 18.2 Å². The molecule has 6 nitrogen and oxygen atoms in total. The summed E-state index contributed by atoms with van der Waals surface area (Å²) in [5.74, 6) is 0.816. The molecule has 0 bridgehead atoms. The average molecular weight is 378 g/mol. The molecule has 2 aromatic carbocycles. The van der Waals surface area contributed by atoms with Crippen molar-refractivity contribution in [2.24, 2.45) is 0 Å². The molecule has 1 aromatic heterocycles. The summed E-state index contributed by atoms with van der Waals surface area (Å²) in [6.45, 7) is 2.07. The standard InChI is InChI=1S/C17H18N2O4S2/c1-4-11-5-7-13-16(9-11)24-17(18-13)19-25(20,21)12-6-8-14(22-2)15(10-12)23-3/h5-10H,4H2,1-3H3,(H,18,19). The molecule has 0 spiro atoms. The Balaban J connectivity index is 1.93. The van der Waals surface area contributed by atoms with E-state index in [1.165, 1.54) is 43.3 Å². The quantitative estimate of drug-likeness (QED) is 0.708. The minimum absolute atomic E-state index is 0.0821. The van der Waals surface area contributed by atoms with Gasteiger partial charge in [-0.3, -0.25) is 4.72 Å². The molecule has 25 heavy (non-hydrogen) atoms. The molecule has 8 heteroatoms. The van der Waals surface area contributed by atoms with Crippen molar-refractivity contribution in [2.75, 3.05) is 18.9 Å². The van der Waals surface area contributed by atoms with Crippen LogP contribution in [0.1, 0.15) is 12.5 Å². The first-order valence-electron chi connectivity index (χ1n) is 7.61. The molecule has 0 amide bonds.